The maximum atomic E-state index is 12.2. The lowest BCUT2D eigenvalue weighted by Crippen LogP contribution is -2.43. The highest BCUT2D eigenvalue weighted by atomic mass is 35.5. The summed E-state index contributed by atoms with van der Waals surface area (Å²) in [7, 11) is 1.59. The van der Waals surface area contributed by atoms with Gasteiger partial charge < -0.3 is 19.5 Å². The van der Waals surface area contributed by atoms with E-state index in [1.165, 1.54) is 24.3 Å². The molecule has 0 atom stereocenters. The maximum Gasteiger partial charge on any atom is 0.306 e. The van der Waals surface area contributed by atoms with Crippen LogP contribution in [0.3, 0.4) is 0 Å². The molecule has 11 heteroatoms. The van der Waals surface area contributed by atoms with Crippen molar-refractivity contribution in [2.75, 3.05) is 19.0 Å². The zero-order valence-corrected chi connectivity index (χ0v) is 21.2. The SMILES string of the molecule is COc1ccc(Oc2ccc(NC(=O)CCCC(=O)OCC(=O)NNC(=O)c3ccc(Cl)cc3)cc2)cc1. The summed E-state index contributed by atoms with van der Waals surface area (Å²) in [6.45, 7) is -0.573. The molecule has 0 radical (unpaired) electrons. The number of esters is 1. The van der Waals surface area contributed by atoms with Crippen LogP contribution in [0.25, 0.3) is 0 Å². The number of methoxy groups -OCH3 is 1. The molecule has 0 heterocycles. The number of amides is 3. The third-order valence-electron chi connectivity index (χ3n) is 5.00. The molecule has 0 aliphatic rings. The summed E-state index contributed by atoms with van der Waals surface area (Å²) in [6.07, 6.45) is 0.271. The van der Waals surface area contributed by atoms with Crippen LogP contribution >= 0.6 is 11.6 Å². The molecule has 0 unspecified atom stereocenters. The molecule has 198 valence electrons. The number of ether oxygens (including phenoxy) is 3. The average Bonchev–Trinajstić information content (AvgIpc) is 2.92. The van der Waals surface area contributed by atoms with Crippen molar-refractivity contribution in [2.45, 2.75) is 19.3 Å². The first-order chi connectivity index (χ1) is 18.3. The number of carbonyl (C=O) groups excluding carboxylic acids is 4. The van der Waals surface area contributed by atoms with E-state index in [1.54, 1.807) is 55.6 Å². The van der Waals surface area contributed by atoms with Crippen molar-refractivity contribution in [3.8, 4) is 17.2 Å². The van der Waals surface area contributed by atoms with Crippen LogP contribution in [-0.2, 0) is 19.1 Å². The Labute approximate surface area is 224 Å². The van der Waals surface area contributed by atoms with Crippen molar-refractivity contribution in [3.63, 3.8) is 0 Å². The number of hydrazine groups is 1. The largest absolute Gasteiger partial charge is 0.497 e. The summed E-state index contributed by atoms with van der Waals surface area (Å²) in [5.41, 5.74) is 5.23. The van der Waals surface area contributed by atoms with Crippen LogP contribution in [0.4, 0.5) is 5.69 Å². The molecule has 3 amide bonds. The Morgan fingerprint density at radius 1 is 0.737 bits per heavy atom. The lowest BCUT2D eigenvalue weighted by molar-refractivity contribution is -0.148. The van der Waals surface area contributed by atoms with Gasteiger partial charge >= 0.3 is 5.97 Å². The number of halogens is 1. The van der Waals surface area contributed by atoms with Gasteiger partial charge in [0.2, 0.25) is 5.91 Å². The number of nitrogens with one attached hydrogen (secondary N) is 3. The van der Waals surface area contributed by atoms with E-state index in [1.807, 2.05) is 0 Å². The van der Waals surface area contributed by atoms with Gasteiger partial charge in [0.15, 0.2) is 6.61 Å². The molecule has 3 aromatic carbocycles. The summed E-state index contributed by atoms with van der Waals surface area (Å²) < 4.78 is 15.7. The number of rotatable bonds is 11. The topological polar surface area (TPSA) is 132 Å². The van der Waals surface area contributed by atoms with Gasteiger partial charge in [0, 0.05) is 29.1 Å². The van der Waals surface area contributed by atoms with Gasteiger partial charge in [-0.25, -0.2) is 0 Å². The number of benzene rings is 3. The van der Waals surface area contributed by atoms with Gasteiger partial charge in [-0.15, -0.1) is 0 Å². The molecule has 10 nitrogen and oxygen atoms in total. The zero-order valence-electron chi connectivity index (χ0n) is 20.5. The molecule has 0 aliphatic carbocycles. The molecule has 0 fully saturated rings. The van der Waals surface area contributed by atoms with Crippen molar-refractivity contribution in [3.05, 3.63) is 83.4 Å². The zero-order chi connectivity index (χ0) is 27.3. The lowest BCUT2D eigenvalue weighted by atomic mass is 10.2. The molecule has 3 rings (SSSR count). The van der Waals surface area contributed by atoms with Gasteiger partial charge in [-0.1, -0.05) is 11.6 Å². The molecule has 0 aliphatic heterocycles. The first-order valence-corrected chi connectivity index (χ1v) is 11.9. The standard InChI is InChI=1S/C27H26ClN3O7/c1-36-21-13-15-23(16-14-21)38-22-11-9-20(10-12-22)29-24(32)3-2-4-26(34)37-17-25(33)30-31-27(35)18-5-7-19(28)8-6-18/h5-16H,2-4,17H2,1H3,(H,29,32)(H,30,33)(H,31,35). The predicted molar refractivity (Wildman–Crippen MR) is 140 cm³/mol. The molecular weight excluding hydrogens is 514 g/mol. The normalized spacial score (nSPS) is 10.2. The number of hydrogen-bond acceptors (Lipinski definition) is 7. The second-order valence-corrected chi connectivity index (χ2v) is 8.31. The first kappa shape index (κ1) is 28.0. The predicted octanol–water partition coefficient (Wildman–Crippen LogP) is 4.25. The lowest BCUT2D eigenvalue weighted by Gasteiger charge is -2.09. The minimum atomic E-state index is -0.710. The van der Waals surface area contributed by atoms with Gasteiger partial charge in [0.25, 0.3) is 11.8 Å². The second-order valence-electron chi connectivity index (χ2n) is 7.87. The quantitative estimate of drug-likeness (QED) is 0.245. The van der Waals surface area contributed by atoms with Crippen molar-refractivity contribution in [2.24, 2.45) is 0 Å². The fourth-order valence-corrected chi connectivity index (χ4v) is 3.18. The van der Waals surface area contributed by atoms with Gasteiger partial charge in [0.1, 0.15) is 17.2 Å². The van der Waals surface area contributed by atoms with E-state index in [0.29, 0.717) is 27.8 Å². The highest BCUT2D eigenvalue weighted by Gasteiger charge is 2.11. The van der Waals surface area contributed by atoms with E-state index < -0.39 is 24.4 Å². The minimum Gasteiger partial charge on any atom is -0.497 e. The fourth-order valence-electron chi connectivity index (χ4n) is 3.06. The molecule has 0 bridgehead atoms. The summed E-state index contributed by atoms with van der Waals surface area (Å²) in [6, 6.07) is 20.1. The van der Waals surface area contributed by atoms with Crippen LogP contribution in [0.1, 0.15) is 29.6 Å². The van der Waals surface area contributed by atoms with Crippen LogP contribution < -0.4 is 25.6 Å². The van der Waals surface area contributed by atoms with E-state index in [9.17, 15) is 19.2 Å². The Kier molecular flexibility index (Phi) is 10.5. The van der Waals surface area contributed by atoms with Crippen LogP contribution in [-0.4, -0.2) is 37.4 Å². The van der Waals surface area contributed by atoms with Gasteiger partial charge in [-0.3, -0.25) is 30.0 Å². The summed E-state index contributed by atoms with van der Waals surface area (Å²) in [4.78, 5) is 47.7. The van der Waals surface area contributed by atoms with Gasteiger partial charge in [0.05, 0.1) is 7.11 Å². The highest BCUT2D eigenvalue weighted by molar-refractivity contribution is 6.30. The monoisotopic (exact) mass is 539 g/mol. The average molecular weight is 540 g/mol. The highest BCUT2D eigenvalue weighted by Crippen LogP contribution is 2.25. The van der Waals surface area contributed by atoms with E-state index in [-0.39, 0.29) is 25.2 Å². The summed E-state index contributed by atoms with van der Waals surface area (Å²) in [5, 5.41) is 3.21. The number of anilines is 1. The van der Waals surface area contributed by atoms with Crippen LogP contribution in [0.2, 0.25) is 5.02 Å². The Morgan fingerprint density at radius 2 is 1.34 bits per heavy atom. The van der Waals surface area contributed by atoms with Crippen LogP contribution in [0.5, 0.6) is 17.2 Å². The maximum absolute atomic E-state index is 12.2. The van der Waals surface area contributed by atoms with Crippen molar-refractivity contribution < 1.29 is 33.4 Å². The molecule has 0 saturated carbocycles. The van der Waals surface area contributed by atoms with Crippen molar-refractivity contribution in [1.82, 2.24) is 10.9 Å². The Hall–Kier alpha value is -4.57. The minimum absolute atomic E-state index is 0.0491. The van der Waals surface area contributed by atoms with Crippen molar-refractivity contribution in [1.29, 1.82) is 0 Å². The van der Waals surface area contributed by atoms with Crippen LogP contribution in [0, 0.1) is 0 Å². The van der Waals surface area contributed by atoms with Gasteiger partial charge in [-0.2, -0.15) is 0 Å². The number of carbonyl (C=O) groups is 4. The molecule has 0 saturated heterocycles. The fraction of sp³-hybridized carbons (Fsp3) is 0.185. The summed E-state index contributed by atoms with van der Waals surface area (Å²) in [5.74, 6) is -0.199. The Balaban J connectivity index is 1.29. The van der Waals surface area contributed by atoms with E-state index in [4.69, 9.17) is 25.8 Å². The first-order valence-electron chi connectivity index (χ1n) is 11.5. The molecule has 3 aromatic rings. The molecule has 0 spiro atoms. The van der Waals surface area contributed by atoms with E-state index in [0.717, 1.165) is 5.75 Å². The summed E-state index contributed by atoms with van der Waals surface area (Å²) >= 11 is 5.76. The van der Waals surface area contributed by atoms with Crippen molar-refractivity contribution >= 4 is 41.0 Å². The number of hydrogen-bond donors (Lipinski definition) is 3. The van der Waals surface area contributed by atoms with Gasteiger partial charge in [-0.05, 0) is 79.2 Å². The second kappa shape index (κ2) is 14.2. The smallest absolute Gasteiger partial charge is 0.306 e. The Bertz CT molecular complexity index is 1250. The molecule has 0 aromatic heterocycles. The molecule has 3 N–H and O–H groups in total. The molecule has 38 heavy (non-hydrogen) atoms. The third kappa shape index (κ3) is 9.47. The molecular formula is C27H26ClN3O7. The van der Waals surface area contributed by atoms with Crippen LogP contribution in [0.15, 0.2) is 72.8 Å². The van der Waals surface area contributed by atoms with E-state index >= 15 is 0 Å². The Morgan fingerprint density at radius 3 is 1.97 bits per heavy atom. The van der Waals surface area contributed by atoms with E-state index in [2.05, 4.69) is 16.2 Å². The third-order valence-corrected chi connectivity index (χ3v) is 5.26.